The van der Waals surface area contributed by atoms with Crippen molar-refractivity contribution >= 4 is 17.4 Å². The number of rotatable bonds is 7. The quantitative estimate of drug-likeness (QED) is 0.448. The van der Waals surface area contributed by atoms with E-state index in [1.807, 2.05) is 6.07 Å². The Morgan fingerprint density at radius 2 is 1.88 bits per heavy atom. The topological polar surface area (TPSA) is 87.8 Å². The predicted molar refractivity (Wildman–Crippen MR) is 116 cm³/mol. The Morgan fingerprint density at radius 3 is 2.58 bits per heavy atom. The maximum Gasteiger partial charge on any atom is 0.354 e. The molecule has 33 heavy (non-hydrogen) atoms. The first kappa shape index (κ1) is 22.1. The molecule has 0 radical (unpaired) electrons. The van der Waals surface area contributed by atoms with Gasteiger partial charge in [-0.3, -0.25) is 4.79 Å². The van der Waals surface area contributed by atoms with Crippen molar-refractivity contribution in [3.63, 3.8) is 0 Å². The molecule has 9 heteroatoms. The van der Waals surface area contributed by atoms with Gasteiger partial charge in [0, 0.05) is 17.8 Å². The van der Waals surface area contributed by atoms with Crippen LogP contribution in [0.1, 0.15) is 51.6 Å². The van der Waals surface area contributed by atoms with E-state index in [1.165, 1.54) is 23.1 Å². The molecule has 1 aromatic carbocycles. The van der Waals surface area contributed by atoms with E-state index in [-0.39, 0.29) is 23.5 Å². The molecule has 0 saturated heterocycles. The summed E-state index contributed by atoms with van der Waals surface area (Å²) in [6.45, 7) is 1.68. The van der Waals surface area contributed by atoms with Gasteiger partial charge in [-0.05, 0) is 42.8 Å². The van der Waals surface area contributed by atoms with E-state index in [2.05, 4.69) is 10.1 Å². The summed E-state index contributed by atoms with van der Waals surface area (Å²) >= 11 is 0. The Hall–Kier alpha value is -4.14. The molecule has 168 valence electrons. The van der Waals surface area contributed by atoms with Gasteiger partial charge in [0.05, 0.1) is 23.8 Å². The lowest BCUT2D eigenvalue weighted by Crippen LogP contribution is -2.35. The van der Waals surface area contributed by atoms with Gasteiger partial charge in [-0.25, -0.2) is 23.1 Å². The zero-order valence-electron chi connectivity index (χ0n) is 17.7. The summed E-state index contributed by atoms with van der Waals surface area (Å²) in [6, 6.07) is 13.9. The number of halogens is 2. The van der Waals surface area contributed by atoms with Crippen molar-refractivity contribution in [2.24, 2.45) is 0 Å². The first-order chi connectivity index (χ1) is 15.9. The van der Waals surface area contributed by atoms with Crippen LogP contribution in [-0.4, -0.2) is 36.5 Å². The number of amides is 1. The maximum absolute atomic E-state index is 14.7. The summed E-state index contributed by atoms with van der Waals surface area (Å²) < 4.78 is 29.8. The third-order valence-electron chi connectivity index (χ3n) is 5.29. The molecule has 0 aliphatic heterocycles. The van der Waals surface area contributed by atoms with Crippen LogP contribution >= 0.6 is 0 Å². The number of carbonyl (C=O) groups excluding carboxylic acids is 1. The molecule has 0 fully saturated rings. The highest BCUT2D eigenvalue weighted by Gasteiger charge is 2.29. The summed E-state index contributed by atoms with van der Waals surface area (Å²) in [5.74, 6) is -3.19. The summed E-state index contributed by atoms with van der Waals surface area (Å²) in [5.41, 5.74) is 1.12. The molecule has 4 rings (SSSR count). The van der Waals surface area contributed by atoms with Gasteiger partial charge >= 0.3 is 5.97 Å². The van der Waals surface area contributed by atoms with Gasteiger partial charge in [0.1, 0.15) is 17.3 Å². The largest absolute Gasteiger partial charge is 0.477 e. The number of fused-ring (bicyclic) bond motifs is 1. The van der Waals surface area contributed by atoms with E-state index < -0.39 is 29.6 Å². The average molecular weight is 450 g/mol. The average Bonchev–Trinajstić information content (AvgIpc) is 3.24. The zero-order valence-corrected chi connectivity index (χ0v) is 17.7. The van der Waals surface area contributed by atoms with Gasteiger partial charge < -0.3 is 10.0 Å². The number of hydrogen-bond acceptors (Lipinski definition) is 4. The number of nitrogens with zero attached hydrogens (tertiary/aromatic N) is 4. The Bertz CT molecular complexity index is 1310. The molecular weight excluding hydrogens is 430 g/mol. The van der Waals surface area contributed by atoms with E-state index in [1.54, 1.807) is 41.9 Å². The van der Waals surface area contributed by atoms with Crippen LogP contribution in [0.15, 0.2) is 66.9 Å². The van der Waals surface area contributed by atoms with Crippen molar-refractivity contribution in [1.82, 2.24) is 19.5 Å². The van der Waals surface area contributed by atoms with Crippen LogP contribution in [0.25, 0.3) is 5.52 Å². The highest BCUT2D eigenvalue weighted by molar-refractivity contribution is 5.94. The maximum atomic E-state index is 14.7. The molecule has 3 heterocycles. The predicted octanol–water partition coefficient (Wildman–Crippen LogP) is 4.50. The van der Waals surface area contributed by atoms with Crippen molar-refractivity contribution in [3.8, 4) is 0 Å². The minimum Gasteiger partial charge on any atom is -0.477 e. The number of hydrogen-bond donors (Lipinski definition) is 1. The molecule has 7 nitrogen and oxygen atoms in total. The van der Waals surface area contributed by atoms with E-state index in [0.717, 1.165) is 12.1 Å². The second kappa shape index (κ2) is 9.15. The number of pyridine rings is 2. The van der Waals surface area contributed by atoms with Gasteiger partial charge in [0.2, 0.25) is 0 Å². The molecule has 0 aliphatic rings. The second-order valence-electron chi connectivity index (χ2n) is 7.44. The standard InChI is InChI=1S/C24H20F2N4O3/c1-2-22(18-10-9-15(25)12-19(18)26)29(14-16-6-5-8-20(27-16)24(32)33)23(31)21-13-17-7-3-4-11-30(17)28-21/h3-13,22H,2,14H2,1H3,(H,32,33)/t22-/m1/s1. The Labute approximate surface area is 187 Å². The smallest absolute Gasteiger partial charge is 0.354 e. The van der Waals surface area contributed by atoms with Crippen LogP contribution < -0.4 is 0 Å². The van der Waals surface area contributed by atoms with Crippen LogP contribution in [0.5, 0.6) is 0 Å². The van der Waals surface area contributed by atoms with Gasteiger partial charge in [0.25, 0.3) is 5.91 Å². The van der Waals surface area contributed by atoms with Crippen molar-refractivity contribution in [2.75, 3.05) is 0 Å². The number of carboxylic acids is 1. The normalized spacial score (nSPS) is 12.0. The lowest BCUT2D eigenvalue weighted by atomic mass is 10.0. The zero-order chi connectivity index (χ0) is 23.5. The summed E-state index contributed by atoms with van der Waals surface area (Å²) in [7, 11) is 0. The Kier molecular flexibility index (Phi) is 6.12. The molecule has 0 saturated carbocycles. The summed E-state index contributed by atoms with van der Waals surface area (Å²) in [4.78, 5) is 30.4. The number of benzene rings is 1. The molecule has 1 N–H and O–H groups in total. The minimum atomic E-state index is -1.20. The number of carboxylic acid groups (broad SMARTS) is 1. The fourth-order valence-electron chi connectivity index (χ4n) is 3.75. The van der Waals surface area contributed by atoms with E-state index in [9.17, 15) is 23.5 Å². The van der Waals surface area contributed by atoms with Crippen LogP contribution in [0, 0.1) is 11.6 Å². The molecule has 0 aliphatic carbocycles. The Balaban J connectivity index is 1.78. The summed E-state index contributed by atoms with van der Waals surface area (Å²) in [5, 5.41) is 13.6. The fourth-order valence-corrected chi connectivity index (χ4v) is 3.75. The first-order valence-electron chi connectivity index (χ1n) is 10.3. The Morgan fingerprint density at radius 1 is 1.06 bits per heavy atom. The molecule has 0 unspecified atom stereocenters. The van der Waals surface area contributed by atoms with Crippen LogP contribution in [0.2, 0.25) is 0 Å². The summed E-state index contributed by atoms with van der Waals surface area (Å²) in [6.07, 6.45) is 2.02. The van der Waals surface area contributed by atoms with Crippen molar-refractivity contribution in [1.29, 1.82) is 0 Å². The van der Waals surface area contributed by atoms with Crippen LogP contribution in [0.3, 0.4) is 0 Å². The molecule has 1 amide bonds. The van der Waals surface area contributed by atoms with Crippen molar-refractivity contribution in [2.45, 2.75) is 25.9 Å². The third kappa shape index (κ3) is 4.57. The van der Waals surface area contributed by atoms with Gasteiger partial charge in [-0.2, -0.15) is 5.10 Å². The van der Waals surface area contributed by atoms with Gasteiger partial charge in [0.15, 0.2) is 5.69 Å². The van der Waals surface area contributed by atoms with Crippen molar-refractivity contribution in [3.05, 3.63) is 101 Å². The number of aromatic carboxylic acids is 1. The molecular formula is C24H20F2N4O3. The van der Waals surface area contributed by atoms with Crippen molar-refractivity contribution < 1.29 is 23.5 Å². The fraction of sp³-hybridized carbons (Fsp3) is 0.167. The van der Waals surface area contributed by atoms with Gasteiger partial charge in [-0.1, -0.05) is 25.1 Å². The lowest BCUT2D eigenvalue weighted by Gasteiger charge is -2.31. The molecule has 4 aromatic rings. The number of carbonyl (C=O) groups is 2. The highest BCUT2D eigenvalue weighted by Crippen LogP contribution is 2.30. The van der Waals surface area contributed by atoms with E-state index >= 15 is 0 Å². The van der Waals surface area contributed by atoms with Gasteiger partial charge in [-0.15, -0.1) is 0 Å². The lowest BCUT2D eigenvalue weighted by molar-refractivity contribution is 0.0639. The first-order valence-corrected chi connectivity index (χ1v) is 10.3. The third-order valence-corrected chi connectivity index (χ3v) is 5.29. The van der Waals surface area contributed by atoms with E-state index in [4.69, 9.17) is 0 Å². The van der Waals surface area contributed by atoms with Crippen LogP contribution in [0.4, 0.5) is 8.78 Å². The highest BCUT2D eigenvalue weighted by atomic mass is 19.1. The molecule has 0 bridgehead atoms. The monoisotopic (exact) mass is 450 g/mol. The second-order valence-corrected chi connectivity index (χ2v) is 7.44. The van der Waals surface area contributed by atoms with Crippen LogP contribution in [-0.2, 0) is 6.54 Å². The number of aromatic nitrogens is 3. The SMILES string of the molecule is CC[C@H](c1ccc(F)cc1F)N(Cc1cccc(C(=O)O)n1)C(=O)c1cc2ccccn2n1. The van der Waals surface area contributed by atoms with E-state index in [0.29, 0.717) is 17.6 Å². The molecule has 3 aromatic heterocycles. The molecule has 0 spiro atoms. The minimum absolute atomic E-state index is 0.0941. The molecule has 1 atom stereocenters.